The molecule has 2 N–H and O–H groups in total. The highest BCUT2D eigenvalue weighted by Crippen LogP contribution is 2.38. The van der Waals surface area contributed by atoms with Crippen LogP contribution in [-0.2, 0) is 16.1 Å². The van der Waals surface area contributed by atoms with Gasteiger partial charge in [0.15, 0.2) is 0 Å². The van der Waals surface area contributed by atoms with Gasteiger partial charge in [-0.3, -0.25) is 4.79 Å². The number of ether oxygens (including phenoxy) is 1. The van der Waals surface area contributed by atoms with Crippen molar-refractivity contribution in [3.05, 3.63) is 29.6 Å². The first-order valence-corrected chi connectivity index (χ1v) is 11.3. The number of carbonyl (C=O) groups is 2. The Bertz CT molecular complexity index is 947. The minimum atomic E-state index is -1.01. The fourth-order valence-electron chi connectivity index (χ4n) is 4.53. The highest BCUT2D eigenvalue weighted by atomic mass is 16.5. The summed E-state index contributed by atoms with van der Waals surface area (Å²) in [5.74, 6) is 0.112. The van der Waals surface area contributed by atoms with Gasteiger partial charge < -0.3 is 24.6 Å². The highest BCUT2D eigenvalue weighted by Gasteiger charge is 2.40. The number of nitrogens with zero attached hydrogens (tertiary/aromatic N) is 3. The predicted molar refractivity (Wildman–Crippen MR) is 124 cm³/mol. The first-order chi connectivity index (χ1) is 15.0. The van der Waals surface area contributed by atoms with Crippen molar-refractivity contribution in [1.82, 2.24) is 19.8 Å². The molecule has 2 aliphatic rings. The van der Waals surface area contributed by atoms with E-state index in [9.17, 15) is 9.59 Å². The smallest absolute Gasteiger partial charge is 0.404 e. The lowest BCUT2D eigenvalue weighted by atomic mass is 10.0. The topological polar surface area (TPSA) is 96.7 Å². The van der Waals surface area contributed by atoms with Crippen molar-refractivity contribution in [2.24, 2.45) is 0 Å². The Hall–Kier alpha value is -2.61. The molecule has 176 valence electrons. The third-order valence-electron chi connectivity index (χ3n) is 6.26. The molecule has 0 aromatic carbocycles. The van der Waals surface area contributed by atoms with Crippen molar-refractivity contribution in [1.29, 1.82) is 0 Å². The van der Waals surface area contributed by atoms with E-state index in [0.717, 1.165) is 54.4 Å². The van der Waals surface area contributed by atoms with Crippen LogP contribution in [0.3, 0.4) is 0 Å². The van der Waals surface area contributed by atoms with Crippen LogP contribution in [0.25, 0.3) is 11.0 Å². The van der Waals surface area contributed by atoms with Gasteiger partial charge in [-0.15, -0.1) is 0 Å². The number of aryl methyl sites for hydroxylation is 2. The van der Waals surface area contributed by atoms with Crippen LogP contribution < -0.4 is 5.32 Å². The summed E-state index contributed by atoms with van der Waals surface area (Å²) in [6.07, 6.45) is 6.37. The van der Waals surface area contributed by atoms with Crippen LogP contribution in [0, 0.1) is 6.92 Å². The number of fused-ring (bicyclic) bond motifs is 1. The Morgan fingerprint density at radius 3 is 2.75 bits per heavy atom. The summed E-state index contributed by atoms with van der Waals surface area (Å²) in [4.78, 5) is 30.9. The van der Waals surface area contributed by atoms with E-state index in [1.54, 1.807) is 0 Å². The Morgan fingerprint density at radius 2 is 2.09 bits per heavy atom. The van der Waals surface area contributed by atoms with E-state index < -0.39 is 6.09 Å². The normalized spacial score (nSPS) is 19.2. The number of rotatable bonds is 8. The highest BCUT2D eigenvalue weighted by molar-refractivity contribution is 5.85. The van der Waals surface area contributed by atoms with E-state index in [1.807, 2.05) is 17.9 Å². The lowest BCUT2D eigenvalue weighted by Gasteiger charge is -2.34. The van der Waals surface area contributed by atoms with Gasteiger partial charge in [-0.05, 0) is 64.5 Å². The molecule has 8 heteroatoms. The van der Waals surface area contributed by atoms with Gasteiger partial charge in [0.05, 0.1) is 6.04 Å². The van der Waals surface area contributed by atoms with Gasteiger partial charge >= 0.3 is 6.09 Å². The summed E-state index contributed by atoms with van der Waals surface area (Å²) < 4.78 is 7.90. The van der Waals surface area contributed by atoms with Crippen molar-refractivity contribution in [3.63, 3.8) is 0 Å². The van der Waals surface area contributed by atoms with Crippen LogP contribution >= 0.6 is 0 Å². The molecule has 1 aliphatic heterocycles. The van der Waals surface area contributed by atoms with Crippen molar-refractivity contribution >= 4 is 23.0 Å². The lowest BCUT2D eigenvalue weighted by molar-refractivity contribution is -0.149. The molecule has 0 unspecified atom stereocenters. The molecule has 2 fully saturated rings. The van der Waals surface area contributed by atoms with E-state index in [-0.39, 0.29) is 31.5 Å². The molecule has 32 heavy (non-hydrogen) atoms. The van der Waals surface area contributed by atoms with Crippen LogP contribution in [0.2, 0.25) is 0 Å². The van der Waals surface area contributed by atoms with Gasteiger partial charge in [0, 0.05) is 48.6 Å². The number of pyridine rings is 1. The Labute approximate surface area is 189 Å². The number of aromatic nitrogens is 2. The van der Waals surface area contributed by atoms with Crippen molar-refractivity contribution < 1.29 is 19.4 Å². The summed E-state index contributed by atoms with van der Waals surface area (Å²) in [5.41, 5.74) is 2.90. The SMILES string of the molecule is C.Cc1ccc2c([C@@H](C)N(C(=O)[C@H]3CCCCO3)C3CC3)cn(CCCNC(=O)O)c2n1. The fraction of sp³-hybridized carbons (Fsp3) is 0.625. The second kappa shape index (κ2) is 10.3. The Morgan fingerprint density at radius 1 is 1.31 bits per heavy atom. The van der Waals surface area contributed by atoms with Gasteiger partial charge in [0.2, 0.25) is 0 Å². The van der Waals surface area contributed by atoms with E-state index in [1.165, 1.54) is 0 Å². The van der Waals surface area contributed by atoms with Crippen LogP contribution in [-0.4, -0.2) is 56.9 Å². The standard InChI is InChI=1S/C23H32N4O4.CH4/c1-15-7-10-18-19(14-26(21(18)25-15)12-5-11-24-23(29)30)16(2)27(17-8-9-17)22(28)20-6-3-4-13-31-20;/h7,10,14,16-17,20,24H,3-6,8-9,11-13H2,1-2H3,(H,29,30);1H4/t16-,20-;/m1./s1. The number of carbonyl (C=O) groups excluding carboxylic acids is 1. The van der Waals surface area contributed by atoms with Crippen molar-refractivity contribution in [3.8, 4) is 0 Å². The van der Waals surface area contributed by atoms with Gasteiger partial charge in [-0.1, -0.05) is 7.43 Å². The van der Waals surface area contributed by atoms with Crippen LogP contribution in [0.1, 0.15) is 70.2 Å². The maximum Gasteiger partial charge on any atom is 0.404 e. The van der Waals surface area contributed by atoms with Gasteiger partial charge in [-0.25, -0.2) is 9.78 Å². The third kappa shape index (κ3) is 5.23. The summed E-state index contributed by atoms with van der Waals surface area (Å²) in [5, 5.41) is 12.3. The van der Waals surface area contributed by atoms with Crippen LogP contribution in [0.4, 0.5) is 4.79 Å². The maximum absolute atomic E-state index is 13.4. The second-order valence-corrected chi connectivity index (χ2v) is 8.69. The van der Waals surface area contributed by atoms with Crippen LogP contribution in [0.15, 0.2) is 18.3 Å². The molecular formula is C24H36N4O4. The lowest BCUT2D eigenvalue weighted by Crippen LogP contribution is -2.44. The molecular weight excluding hydrogens is 408 g/mol. The van der Waals surface area contributed by atoms with Gasteiger partial charge in [0.1, 0.15) is 11.8 Å². The number of hydrogen-bond acceptors (Lipinski definition) is 4. The molecule has 2 amide bonds. The molecule has 1 saturated heterocycles. The summed E-state index contributed by atoms with van der Waals surface area (Å²) in [6.45, 7) is 5.77. The van der Waals surface area contributed by atoms with Gasteiger partial charge in [0.25, 0.3) is 5.91 Å². The molecule has 2 atom stereocenters. The van der Waals surface area contributed by atoms with E-state index in [0.29, 0.717) is 26.1 Å². The average Bonchev–Trinajstić information content (AvgIpc) is 3.53. The largest absolute Gasteiger partial charge is 0.465 e. The van der Waals surface area contributed by atoms with E-state index in [2.05, 4.69) is 29.1 Å². The predicted octanol–water partition coefficient (Wildman–Crippen LogP) is 4.26. The molecule has 0 bridgehead atoms. The zero-order chi connectivity index (χ0) is 22.0. The van der Waals surface area contributed by atoms with E-state index in [4.69, 9.17) is 14.8 Å². The quantitative estimate of drug-likeness (QED) is 0.593. The van der Waals surface area contributed by atoms with E-state index >= 15 is 0 Å². The summed E-state index contributed by atoms with van der Waals surface area (Å²) >= 11 is 0. The van der Waals surface area contributed by atoms with Gasteiger partial charge in [-0.2, -0.15) is 0 Å². The maximum atomic E-state index is 13.4. The molecule has 1 aliphatic carbocycles. The molecule has 2 aromatic rings. The zero-order valence-electron chi connectivity index (χ0n) is 18.3. The first-order valence-electron chi connectivity index (χ1n) is 11.3. The molecule has 1 saturated carbocycles. The van der Waals surface area contributed by atoms with Crippen molar-refractivity contribution in [2.45, 2.75) is 84.5 Å². The number of nitrogens with one attached hydrogen (secondary N) is 1. The molecule has 4 rings (SSSR count). The zero-order valence-corrected chi connectivity index (χ0v) is 18.3. The molecule has 2 aromatic heterocycles. The third-order valence-corrected chi connectivity index (χ3v) is 6.26. The average molecular weight is 445 g/mol. The Balaban J connectivity index is 0.00000289. The molecule has 0 radical (unpaired) electrons. The molecule has 0 spiro atoms. The van der Waals surface area contributed by atoms with Crippen LogP contribution in [0.5, 0.6) is 0 Å². The molecule has 8 nitrogen and oxygen atoms in total. The first kappa shape index (κ1) is 24.0. The number of amides is 2. The fourth-order valence-corrected chi connectivity index (χ4v) is 4.53. The summed E-state index contributed by atoms with van der Waals surface area (Å²) in [7, 11) is 0. The summed E-state index contributed by atoms with van der Waals surface area (Å²) in [6, 6.07) is 4.30. The minimum absolute atomic E-state index is 0. The van der Waals surface area contributed by atoms with Crippen molar-refractivity contribution in [2.75, 3.05) is 13.2 Å². The monoisotopic (exact) mass is 444 g/mol. The second-order valence-electron chi connectivity index (χ2n) is 8.69. The minimum Gasteiger partial charge on any atom is -0.465 e. The Kier molecular flexibility index (Phi) is 7.77. The number of carboxylic acid groups (broad SMARTS) is 1. The molecule has 3 heterocycles. The number of hydrogen-bond donors (Lipinski definition) is 2.